The minimum Gasteiger partial charge on any atom is -0.304 e. The number of nitrogens with zero attached hydrogens (tertiary/aromatic N) is 2. The molecule has 0 unspecified atom stereocenters. The summed E-state index contributed by atoms with van der Waals surface area (Å²) in [6.45, 7) is 8.37. The Bertz CT molecular complexity index is 115. The Kier molecular flexibility index (Phi) is 2.90. The van der Waals surface area contributed by atoms with Crippen LogP contribution in [0.5, 0.6) is 0 Å². The third kappa shape index (κ3) is 2.46. The van der Waals surface area contributed by atoms with Crippen molar-refractivity contribution in [1.82, 2.24) is 9.80 Å². The molecular weight excluding hydrogens is 136 g/mol. The Morgan fingerprint density at radius 3 is 2.27 bits per heavy atom. The van der Waals surface area contributed by atoms with Crippen molar-refractivity contribution >= 4 is 0 Å². The highest BCUT2D eigenvalue weighted by Gasteiger charge is 2.27. The van der Waals surface area contributed by atoms with Gasteiger partial charge in [0.1, 0.15) is 0 Å². The van der Waals surface area contributed by atoms with Gasteiger partial charge in [-0.15, -0.1) is 0 Å². The Morgan fingerprint density at radius 1 is 1.36 bits per heavy atom. The number of likely N-dealkylation sites (N-methyl/N-ethyl adjacent to an activating group) is 1. The van der Waals surface area contributed by atoms with E-state index < -0.39 is 0 Å². The molecule has 1 saturated heterocycles. The molecule has 0 atom stereocenters. The maximum Gasteiger partial charge on any atom is 0.0344 e. The summed E-state index contributed by atoms with van der Waals surface area (Å²) in [7, 11) is 4.33. The lowest BCUT2D eigenvalue weighted by molar-refractivity contribution is 0.0544. The summed E-state index contributed by atoms with van der Waals surface area (Å²) >= 11 is 0. The number of rotatable bonds is 3. The quantitative estimate of drug-likeness (QED) is 0.599. The minimum absolute atomic E-state index is 0.814. The third-order valence-corrected chi connectivity index (χ3v) is 2.29. The van der Waals surface area contributed by atoms with Gasteiger partial charge in [-0.3, -0.25) is 4.90 Å². The maximum absolute atomic E-state index is 2.52. The van der Waals surface area contributed by atoms with Crippen LogP contribution in [-0.2, 0) is 0 Å². The van der Waals surface area contributed by atoms with Gasteiger partial charge in [-0.05, 0) is 20.0 Å². The third-order valence-electron chi connectivity index (χ3n) is 2.29. The van der Waals surface area contributed by atoms with E-state index in [1.807, 2.05) is 0 Å². The first-order chi connectivity index (χ1) is 5.09. The van der Waals surface area contributed by atoms with Crippen LogP contribution in [0.4, 0.5) is 0 Å². The molecule has 0 radical (unpaired) electrons. The zero-order valence-electron chi connectivity index (χ0n) is 8.17. The fourth-order valence-electron chi connectivity index (χ4n) is 1.53. The van der Waals surface area contributed by atoms with Crippen LogP contribution >= 0.6 is 0 Å². The van der Waals surface area contributed by atoms with Crippen molar-refractivity contribution in [3.63, 3.8) is 0 Å². The largest absolute Gasteiger partial charge is 0.304 e. The molecule has 66 valence electrons. The standard InChI is InChI=1S/C9H20N2/c1-8(2)5-11-6-9(7-11)10(3)4/h8-9H,5-7H2,1-4H3. The molecular formula is C9H20N2. The molecule has 0 aromatic heterocycles. The molecule has 1 heterocycles. The summed E-state index contributed by atoms with van der Waals surface area (Å²) in [6.07, 6.45) is 0. The Balaban J connectivity index is 2.09. The zero-order chi connectivity index (χ0) is 8.43. The Hall–Kier alpha value is -0.0800. The molecule has 0 N–H and O–H groups in total. The van der Waals surface area contributed by atoms with Crippen molar-refractivity contribution < 1.29 is 0 Å². The summed E-state index contributed by atoms with van der Waals surface area (Å²) in [5.41, 5.74) is 0. The van der Waals surface area contributed by atoms with Gasteiger partial charge >= 0.3 is 0 Å². The second-order valence-electron chi connectivity index (χ2n) is 4.23. The van der Waals surface area contributed by atoms with Gasteiger partial charge in [0.2, 0.25) is 0 Å². The minimum atomic E-state index is 0.814. The van der Waals surface area contributed by atoms with E-state index in [1.165, 1.54) is 19.6 Å². The average molecular weight is 156 g/mol. The van der Waals surface area contributed by atoms with Crippen LogP contribution in [0.3, 0.4) is 0 Å². The number of hydrogen-bond donors (Lipinski definition) is 0. The SMILES string of the molecule is CC(C)CN1CC(N(C)C)C1. The lowest BCUT2D eigenvalue weighted by atomic mass is 10.1. The summed E-state index contributed by atoms with van der Waals surface area (Å²) < 4.78 is 0. The van der Waals surface area contributed by atoms with E-state index in [0.717, 1.165) is 12.0 Å². The van der Waals surface area contributed by atoms with Crippen LogP contribution in [0.2, 0.25) is 0 Å². The van der Waals surface area contributed by atoms with Gasteiger partial charge in [-0.2, -0.15) is 0 Å². The Labute approximate surface area is 70.2 Å². The molecule has 2 heteroatoms. The summed E-state index contributed by atoms with van der Waals surface area (Å²) in [5, 5.41) is 0. The first kappa shape index (κ1) is 9.01. The molecule has 0 aliphatic carbocycles. The molecule has 0 spiro atoms. The molecule has 1 fully saturated rings. The first-order valence-electron chi connectivity index (χ1n) is 4.48. The highest BCUT2D eigenvalue weighted by molar-refractivity contribution is 4.85. The predicted octanol–water partition coefficient (Wildman–Crippen LogP) is 0.888. The van der Waals surface area contributed by atoms with Crippen LogP contribution in [-0.4, -0.2) is 49.6 Å². The van der Waals surface area contributed by atoms with Crippen molar-refractivity contribution in [2.45, 2.75) is 19.9 Å². The van der Waals surface area contributed by atoms with Crippen molar-refractivity contribution in [3.8, 4) is 0 Å². The lowest BCUT2D eigenvalue weighted by Gasteiger charge is -2.43. The lowest BCUT2D eigenvalue weighted by Crippen LogP contribution is -2.57. The molecule has 0 aromatic carbocycles. The maximum atomic E-state index is 2.52. The molecule has 0 aromatic rings. The van der Waals surface area contributed by atoms with E-state index in [9.17, 15) is 0 Å². The number of likely N-dealkylation sites (tertiary alicyclic amines) is 1. The van der Waals surface area contributed by atoms with Crippen molar-refractivity contribution in [2.24, 2.45) is 5.92 Å². The average Bonchev–Trinajstić information content (AvgIpc) is 1.75. The second kappa shape index (κ2) is 3.55. The van der Waals surface area contributed by atoms with Crippen LogP contribution in [0.25, 0.3) is 0 Å². The molecule has 0 amide bonds. The fraction of sp³-hybridized carbons (Fsp3) is 1.00. The van der Waals surface area contributed by atoms with Gasteiger partial charge in [-0.1, -0.05) is 13.8 Å². The van der Waals surface area contributed by atoms with Gasteiger partial charge in [-0.25, -0.2) is 0 Å². The van der Waals surface area contributed by atoms with Crippen LogP contribution in [0.1, 0.15) is 13.8 Å². The molecule has 2 nitrogen and oxygen atoms in total. The molecule has 1 aliphatic rings. The molecule has 11 heavy (non-hydrogen) atoms. The normalized spacial score (nSPS) is 21.3. The van der Waals surface area contributed by atoms with Gasteiger partial charge in [0, 0.05) is 25.7 Å². The highest BCUT2D eigenvalue weighted by Crippen LogP contribution is 2.13. The molecule has 0 saturated carbocycles. The summed E-state index contributed by atoms with van der Waals surface area (Å²) in [4.78, 5) is 4.84. The van der Waals surface area contributed by atoms with E-state index in [2.05, 4.69) is 37.7 Å². The zero-order valence-corrected chi connectivity index (χ0v) is 8.17. The van der Waals surface area contributed by atoms with Gasteiger partial charge in [0.15, 0.2) is 0 Å². The van der Waals surface area contributed by atoms with E-state index >= 15 is 0 Å². The van der Waals surface area contributed by atoms with Crippen molar-refractivity contribution in [1.29, 1.82) is 0 Å². The van der Waals surface area contributed by atoms with Crippen LogP contribution in [0.15, 0.2) is 0 Å². The first-order valence-corrected chi connectivity index (χ1v) is 4.48. The van der Waals surface area contributed by atoms with E-state index in [1.54, 1.807) is 0 Å². The predicted molar refractivity (Wildman–Crippen MR) is 48.8 cm³/mol. The van der Waals surface area contributed by atoms with E-state index in [0.29, 0.717) is 0 Å². The molecule has 1 rings (SSSR count). The summed E-state index contributed by atoms with van der Waals surface area (Å²) in [5.74, 6) is 0.818. The smallest absolute Gasteiger partial charge is 0.0344 e. The topological polar surface area (TPSA) is 6.48 Å². The highest BCUT2D eigenvalue weighted by atomic mass is 15.3. The molecule has 0 bridgehead atoms. The van der Waals surface area contributed by atoms with Crippen LogP contribution < -0.4 is 0 Å². The van der Waals surface area contributed by atoms with Gasteiger partial charge in [0.05, 0.1) is 0 Å². The van der Waals surface area contributed by atoms with E-state index in [-0.39, 0.29) is 0 Å². The summed E-state index contributed by atoms with van der Waals surface area (Å²) in [6, 6.07) is 0.814. The monoisotopic (exact) mass is 156 g/mol. The fourth-order valence-corrected chi connectivity index (χ4v) is 1.53. The van der Waals surface area contributed by atoms with Crippen molar-refractivity contribution in [3.05, 3.63) is 0 Å². The Morgan fingerprint density at radius 2 is 1.91 bits per heavy atom. The van der Waals surface area contributed by atoms with Gasteiger partial charge in [0.25, 0.3) is 0 Å². The van der Waals surface area contributed by atoms with Gasteiger partial charge < -0.3 is 4.90 Å². The second-order valence-corrected chi connectivity index (χ2v) is 4.23. The van der Waals surface area contributed by atoms with Crippen LogP contribution in [0, 0.1) is 5.92 Å². The molecule has 1 aliphatic heterocycles. The van der Waals surface area contributed by atoms with Crippen molar-refractivity contribution in [2.75, 3.05) is 33.7 Å². The number of hydrogen-bond acceptors (Lipinski definition) is 2. The van der Waals surface area contributed by atoms with E-state index in [4.69, 9.17) is 0 Å².